The van der Waals surface area contributed by atoms with Gasteiger partial charge < -0.3 is 10.1 Å². The Morgan fingerprint density at radius 1 is 1.54 bits per heavy atom. The average Bonchev–Trinajstić information content (AvgIpc) is 2.17. The predicted molar refractivity (Wildman–Crippen MR) is 57.1 cm³/mol. The van der Waals surface area contributed by atoms with Crippen molar-refractivity contribution < 1.29 is 4.74 Å². The second-order valence-corrected chi connectivity index (χ2v) is 4.16. The van der Waals surface area contributed by atoms with E-state index in [1.807, 2.05) is 0 Å². The van der Waals surface area contributed by atoms with E-state index in [1.54, 1.807) is 7.11 Å². The van der Waals surface area contributed by atoms with Gasteiger partial charge in [0.2, 0.25) is 0 Å². The molecule has 1 aromatic rings. The molecule has 3 heteroatoms. The molecule has 0 amide bonds. The number of fused-ring (bicyclic) bond motifs is 1. The lowest BCUT2D eigenvalue weighted by Crippen LogP contribution is -2.29. The van der Waals surface area contributed by atoms with E-state index in [-0.39, 0.29) is 0 Å². The first-order valence-corrected chi connectivity index (χ1v) is 5.14. The number of benzene rings is 1. The van der Waals surface area contributed by atoms with E-state index in [0.29, 0.717) is 6.10 Å². The molecule has 0 aliphatic carbocycles. The van der Waals surface area contributed by atoms with Gasteiger partial charge in [0.1, 0.15) is 0 Å². The van der Waals surface area contributed by atoms with Gasteiger partial charge in [0.25, 0.3) is 0 Å². The Bertz CT molecular complexity index is 314. The molecular weight excluding hydrogens is 230 g/mol. The summed E-state index contributed by atoms with van der Waals surface area (Å²) in [6.07, 6.45) is 1.32. The minimum Gasteiger partial charge on any atom is -0.382 e. The van der Waals surface area contributed by atoms with Crippen molar-refractivity contribution in [3.63, 3.8) is 0 Å². The molecule has 0 radical (unpaired) electrons. The highest BCUT2D eigenvalue weighted by Crippen LogP contribution is 2.26. The lowest BCUT2D eigenvalue weighted by Gasteiger charge is -2.25. The zero-order chi connectivity index (χ0) is 9.26. The van der Waals surface area contributed by atoms with Crippen molar-refractivity contribution in [3.05, 3.63) is 28.2 Å². The molecule has 0 saturated heterocycles. The lowest BCUT2D eigenvalue weighted by molar-refractivity contribution is 0.111. The molecule has 2 rings (SSSR count). The van der Waals surface area contributed by atoms with Gasteiger partial charge in [-0.15, -0.1) is 0 Å². The molecule has 1 N–H and O–H groups in total. The maximum absolute atomic E-state index is 5.30. The van der Waals surface area contributed by atoms with Crippen LogP contribution < -0.4 is 5.32 Å². The van der Waals surface area contributed by atoms with Crippen LogP contribution in [0.25, 0.3) is 0 Å². The zero-order valence-electron chi connectivity index (χ0n) is 7.51. The van der Waals surface area contributed by atoms with Gasteiger partial charge in [-0.1, -0.05) is 22.0 Å². The summed E-state index contributed by atoms with van der Waals surface area (Å²) in [6.45, 7) is 0.903. The Kier molecular flexibility index (Phi) is 2.56. The molecule has 1 aliphatic heterocycles. The van der Waals surface area contributed by atoms with E-state index in [0.717, 1.165) is 17.4 Å². The summed E-state index contributed by atoms with van der Waals surface area (Å²) in [4.78, 5) is 0. The molecule has 70 valence electrons. The molecular formula is C10H12BrNO. The number of hydrogen-bond donors (Lipinski definition) is 1. The highest BCUT2D eigenvalue weighted by Gasteiger charge is 2.16. The summed E-state index contributed by atoms with van der Waals surface area (Å²) < 4.78 is 6.42. The number of anilines is 1. The van der Waals surface area contributed by atoms with Gasteiger partial charge in [0, 0.05) is 30.2 Å². The number of methoxy groups -OCH3 is 1. The maximum Gasteiger partial charge on any atom is 0.0784 e. The van der Waals surface area contributed by atoms with Crippen LogP contribution in [0.3, 0.4) is 0 Å². The summed E-state index contributed by atoms with van der Waals surface area (Å²) in [6, 6.07) is 6.32. The topological polar surface area (TPSA) is 21.3 Å². The van der Waals surface area contributed by atoms with Crippen molar-refractivity contribution in [3.8, 4) is 0 Å². The minimum atomic E-state index is 0.314. The summed E-state index contributed by atoms with van der Waals surface area (Å²) in [5.41, 5.74) is 2.56. The molecule has 0 spiro atoms. The van der Waals surface area contributed by atoms with Crippen LogP contribution in [0.2, 0.25) is 0 Å². The maximum atomic E-state index is 5.30. The van der Waals surface area contributed by atoms with Crippen LogP contribution in [0, 0.1) is 0 Å². The highest BCUT2D eigenvalue weighted by molar-refractivity contribution is 9.10. The summed E-state index contributed by atoms with van der Waals surface area (Å²) in [7, 11) is 1.76. The molecule has 2 nitrogen and oxygen atoms in total. The van der Waals surface area contributed by atoms with Gasteiger partial charge in [-0.05, 0) is 17.7 Å². The molecule has 0 aromatic heterocycles. The predicted octanol–water partition coefficient (Wildman–Crippen LogP) is 2.43. The molecule has 1 aliphatic rings. The van der Waals surface area contributed by atoms with Gasteiger partial charge in [0.05, 0.1) is 6.10 Å². The van der Waals surface area contributed by atoms with Crippen LogP contribution in [0.4, 0.5) is 5.69 Å². The first kappa shape index (κ1) is 9.03. The van der Waals surface area contributed by atoms with Crippen molar-refractivity contribution in [1.29, 1.82) is 0 Å². The van der Waals surface area contributed by atoms with E-state index < -0.39 is 0 Å². The van der Waals surface area contributed by atoms with E-state index in [9.17, 15) is 0 Å². The quantitative estimate of drug-likeness (QED) is 0.816. The fourth-order valence-corrected chi connectivity index (χ4v) is 1.96. The number of hydrogen-bond acceptors (Lipinski definition) is 2. The van der Waals surface area contributed by atoms with Crippen molar-refractivity contribution in [2.24, 2.45) is 0 Å². The van der Waals surface area contributed by atoms with Crippen LogP contribution in [0.1, 0.15) is 5.56 Å². The van der Waals surface area contributed by atoms with Crippen LogP contribution >= 0.6 is 15.9 Å². The second kappa shape index (κ2) is 3.68. The van der Waals surface area contributed by atoms with E-state index in [2.05, 4.69) is 39.4 Å². The fourth-order valence-electron chi connectivity index (χ4n) is 1.60. The van der Waals surface area contributed by atoms with Gasteiger partial charge in [0.15, 0.2) is 0 Å². The molecule has 1 unspecified atom stereocenters. The standard InChI is InChI=1S/C10H12BrNO/c1-13-9-4-7-2-3-8(11)5-10(7)12-6-9/h2-3,5,9,12H,4,6H2,1H3. The molecule has 0 saturated carbocycles. The Morgan fingerprint density at radius 3 is 3.15 bits per heavy atom. The number of nitrogens with one attached hydrogen (secondary N) is 1. The first-order valence-electron chi connectivity index (χ1n) is 4.34. The largest absolute Gasteiger partial charge is 0.382 e. The summed E-state index contributed by atoms with van der Waals surface area (Å²) in [5.74, 6) is 0. The molecule has 0 fully saturated rings. The summed E-state index contributed by atoms with van der Waals surface area (Å²) in [5, 5.41) is 3.35. The fraction of sp³-hybridized carbons (Fsp3) is 0.400. The van der Waals surface area contributed by atoms with Gasteiger partial charge in [-0.2, -0.15) is 0 Å². The van der Waals surface area contributed by atoms with E-state index in [4.69, 9.17) is 4.74 Å². The minimum absolute atomic E-state index is 0.314. The van der Waals surface area contributed by atoms with Crippen molar-refractivity contribution in [2.75, 3.05) is 19.0 Å². The highest BCUT2D eigenvalue weighted by atomic mass is 79.9. The first-order chi connectivity index (χ1) is 6.29. The van der Waals surface area contributed by atoms with Gasteiger partial charge in [-0.3, -0.25) is 0 Å². The molecule has 1 aromatic carbocycles. The van der Waals surface area contributed by atoms with Gasteiger partial charge >= 0.3 is 0 Å². The number of ether oxygens (including phenoxy) is 1. The SMILES string of the molecule is COC1CNc2cc(Br)ccc2C1. The Hall–Kier alpha value is -0.540. The normalized spacial score (nSPS) is 20.6. The van der Waals surface area contributed by atoms with Crippen LogP contribution in [0.5, 0.6) is 0 Å². The Morgan fingerprint density at radius 2 is 2.38 bits per heavy atom. The zero-order valence-corrected chi connectivity index (χ0v) is 9.10. The monoisotopic (exact) mass is 241 g/mol. The molecule has 0 bridgehead atoms. The molecule has 1 atom stereocenters. The molecule has 1 heterocycles. The van der Waals surface area contributed by atoms with E-state index >= 15 is 0 Å². The van der Waals surface area contributed by atoms with Crippen molar-refractivity contribution in [1.82, 2.24) is 0 Å². The summed E-state index contributed by atoms with van der Waals surface area (Å²) >= 11 is 3.45. The lowest BCUT2D eigenvalue weighted by atomic mass is 10.0. The number of rotatable bonds is 1. The average molecular weight is 242 g/mol. The van der Waals surface area contributed by atoms with E-state index in [1.165, 1.54) is 11.3 Å². The van der Waals surface area contributed by atoms with Crippen LogP contribution in [-0.2, 0) is 11.2 Å². The Labute approximate surface area is 86.4 Å². The van der Waals surface area contributed by atoms with Crippen LogP contribution in [0.15, 0.2) is 22.7 Å². The van der Waals surface area contributed by atoms with Crippen molar-refractivity contribution in [2.45, 2.75) is 12.5 Å². The van der Waals surface area contributed by atoms with Crippen LogP contribution in [-0.4, -0.2) is 19.8 Å². The third-order valence-corrected chi connectivity index (χ3v) is 2.87. The number of halogens is 1. The Balaban J connectivity index is 2.26. The molecule has 13 heavy (non-hydrogen) atoms. The third-order valence-electron chi connectivity index (χ3n) is 2.37. The second-order valence-electron chi connectivity index (χ2n) is 3.24. The third kappa shape index (κ3) is 1.86. The van der Waals surface area contributed by atoms with Gasteiger partial charge in [-0.25, -0.2) is 0 Å². The smallest absolute Gasteiger partial charge is 0.0784 e. The van der Waals surface area contributed by atoms with Crippen molar-refractivity contribution >= 4 is 21.6 Å².